The van der Waals surface area contributed by atoms with E-state index < -0.39 is 24.5 Å². The smallest absolute Gasteiger partial charge is 0.493 e. The third-order valence-electron chi connectivity index (χ3n) is 10.4. The average molecular weight is 783 g/mol. The number of esters is 1. The van der Waals surface area contributed by atoms with Gasteiger partial charge in [0.1, 0.15) is 25.7 Å². The van der Waals surface area contributed by atoms with E-state index in [4.69, 9.17) is 42.6 Å². The van der Waals surface area contributed by atoms with Crippen LogP contribution in [0.25, 0.3) is 0 Å². The van der Waals surface area contributed by atoms with Gasteiger partial charge in [-0.1, -0.05) is 0 Å². The third kappa shape index (κ3) is 12.6. The van der Waals surface area contributed by atoms with E-state index in [1.807, 2.05) is 49.4 Å². The minimum absolute atomic E-state index is 0.164. The monoisotopic (exact) mass is 782 g/mol. The molecule has 13 nitrogen and oxygen atoms in total. The molecule has 1 aliphatic rings. The van der Waals surface area contributed by atoms with Crippen LogP contribution < -0.4 is 28.4 Å². The van der Waals surface area contributed by atoms with Gasteiger partial charge in [0.15, 0.2) is 41.0 Å². The van der Waals surface area contributed by atoms with E-state index in [1.54, 1.807) is 42.7 Å². The standard InChI is InChI=1S/C43H62N2O11/c1-31(14-13-21-44(3,27-33-15-18-36(48-4)39(24-33)51-7)28-34-16-19-37(49-5)40(25-34)52-8)54-43(47)56-32(2)55-42(46)30-45(22-11-10-12-23-45)29-35-17-20-38(50-6)41(26-35)53-9/h15-20,24-26,31-32H,10-14,21-23,27-30H2,1-9H3/q+2. The summed E-state index contributed by atoms with van der Waals surface area (Å²) in [7, 11) is 11.9. The molecule has 308 valence electrons. The van der Waals surface area contributed by atoms with Gasteiger partial charge in [-0.15, -0.1) is 0 Å². The zero-order valence-electron chi connectivity index (χ0n) is 34.7. The maximum atomic E-state index is 13.2. The highest BCUT2D eigenvalue weighted by atomic mass is 16.8. The highest BCUT2D eigenvalue weighted by Gasteiger charge is 2.35. The second-order valence-corrected chi connectivity index (χ2v) is 14.9. The van der Waals surface area contributed by atoms with Crippen LogP contribution in [0.4, 0.5) is 4.79 Å². The van der Waals surface area contributed by atoms with Gasteiger partial charge >= 0.3 is 12.1 Å². The van der Waals surface area contributed by atoms with Gasteiger partial charge < -0.3 is 51.6 Å². The van der Waals surface area contributed by atoms with Crippen molar-refractivity contribution in [3.63, 3.8) is 0 Å². The van der Waals surface area contributed by atoms with Crippen molar-refractivity contribution in [2.45, 2.75) is 78.0 Å². The molecule has 1 heterocycles. The first-order chi connectivity index (χ1) is 26.9. The Morgan fingerprint density at radius 3 is 1.57 bits per heavy atom. The number of ether oxygens (including phenoxy) is 9. The van der Waals surface area contributed by atoms with Crippen molar-refractivity contribution in [1.82, 2.24) is 0 Å². The van der Waals surface area contributed by atoms with Crippen LogP contribution in [0.1, 0.15) is 62.6 Å². The molecule has 1 fully saturated rings. The molecule has 0 radical (unpaired) electrons. The fourth-order valence-electron chi connectivity index (χ4n) is 7.64. The number of carbonyl (C=O) groups excluding carboxylic acids is 2. The van der Waals surface area contributed by atoms with Gasteiger partial charge in [-0.25, -0.2) is 9.59 Å². The molecule has 56 heavy (non-hydrogen) atoms. The fourth-order valence-corrected chi connectivity index (χ4v) is 7.64. The molecule has 3 aromatic carbocycles. The molecular formula is C43H62N2O11+2. The Morgan fingerprint density at radius 1 is 0.625 bits per heavy atom. The van der Waals surface area contributed by atoms with Gasteiger partial charge in [0.2, 0.25) is 6.29 Å². The minimum Gasteiger partial charge on any atom is -0.493 e. The zero-order chi connectivity index (χ0) is 40.7. The summed E-state index contributed by atoms with van der Waals surface area (Å²) in [6, 6.07) is 17.8. The zero-order valence-corrected chi connectivity index (χ0v) is 34.7. The van der Waals surface area contributed by atoms with E-state index in [0.29, 0.717) is 69.5 Å². The number of likely N-dealkylation sites (tertiary alicyclic amines) is 1. The van der Waals surface area contributed by atoms with Gasteiger partial charge in [0, 0.05) is 30.0 Å². The van der Waals surface area contributed by atoms with Crippen LogP contribution in [0.15, 0.2) is 54.6 Å². The van der Waals surface area contributed by atoms with Crippen LogP contribution in [-0.2, 0) is 38.6 Å². The second-order valence-electron chi connectivity index (χ2n) is 14.9. The molecule has 0 amide bonds. The Kier molecular flexibility index (Phi) is 16.3. The van der Waals surface area contributed by atoms with Crippen molar-refractivity contribution in [2.75, 3.05) is 75.9 Å². The largest absolute Gasteiger partial charge is 0.511 e. The van der Waals surface area contributed by atoms with E-state index in [-0.39, 0.29) is 6.54 Å². The lowest BCUT2D eigenvalue weighted by atomic mass is 10.0. The Morgan fingerprint density at radius 2 is 1.09 bits per heavy atom. The number of quaternary nitrogens is 2. The van der Waals surface area contributed by atoms with Crippen molar-refractivity contribution in [3.05, 3.63) is 71.3 Å². The molecule has 2 atom stereocenters. The lowest BCUT2D eigenvalue weighted by molar-refractivity contribution is -0.938. The summed E-state index contributed by atoms with van der Waals surface area (Å²) in [5.74, 6) is 3.56. The van der Waals surface area contributed by atoms with Gasteiger partial charge in [-0.3, -0.25) is 0 Å². The summed E-state index contributed by atoms with van der Waals surface area (Å²) in [5.41, 5.74) is 3.23. The van der Waals surface area contributed by atoms with Crippen molar-refractivity contribution < 1.29 is 61.2 Å². The van der Waals surface area contributed by atoms with E-state index in [9.17, 15) is 9.59 Å². The molecule has 0 N–H and O–H groups in total. The Bertz CT molecular complexity index is 1670. The number of carbonyl (C=O) groups is 2. The number of rotatable bonds is 21. The number of methoxy groups -OCH3 is 6. The van der Waals surface area contributed by atoms with Crippen LogP contribution in [0.2, 0.25) is 0 Å². The Balaban J connectivity index is 1.32. The Hall–Kier alpha value is -4.88. The van der Waals surface area contributed by atoms with Gasteiger partial charge in [-0.2, -0.15) is 0 Å². The summed E-state index contributed by atoms with van der Waals surface area (Å²) in [4.78, 5) is 26.0. The number of piperidine rings is 1. The highest BCUT2D eigenvalue weighted by Crippen LogP contribution is 2.33. The predicted molar refractivity (Wildman–Crippen MR) is 211 cm³/mol. The lowest BCUT2D eigenvalue weighted by Gasteiger charge is -2.41. The summed E-state index contributed by atoms with van der Waals surface area (Å²) in [6.45, 7) is 8.07. The first-order valence-corrected chi connectivity index (χ1v) is 19.3. The third-order valence-corrected chi connectivity index (χ3v) is 10.4. The molecule has 0 saturated carbocycles. The first kappa shape index (κ1) is 43.8. The maximum Gasteiger partial charge on any atom is 0.511 e. The quantitative estimate of drug-likeness (QED) is 0.0616. The molecule has 0 aromatic heterocycles. The van der Waals surface area contributed by atoms with Crippen molar-refractivity contribution in [1.29, 1.82) is 0 Å². The maximum absolute atomic E-state index is 13.2. The number of nitrogens with zero attached hydrogens (tertiary/aromatic N) is 2. The van der Waals surface area contributed by atoms with Crippen molar-refractivity contribution in [3.8, 4) is 34.5 Å². The first-order valence-electron chi connectivity index (χ1n) is 19.3. The molecule has 1 aliphatic heterocycles. The summed E-state index contributed by atoms with van der Waals surface area (Å²) in [5, 5.41) is 0. The van der Waals surface area contributed by atoms with Crippen molar-refractivity contribution >= 4 is 12.1 Å². The predicted octanol–water partition coefficient (Wildman–Crippen LogP) is 7.30. The molecular weight excluding hydrogens is 720 g/mol. The summed E-state index contributed by atoms with van der Waals surface area (Å²) >= 11 is 0. The van der Waals surface area contributed by atoms with E-state index in [0.717, 1.165) is 62.0 Å². The van der Waals surface area contributed by atoms with Crippen LogP contribution >= 0.6 is 0 Å². The molecule has 1 saturated heterocycles. The van der Waals surface area contributed by atoms with Crippen molar-refractivity contribution in [2.24, 2.45) is 0 Å². The topological polar surface area (TPSA) is 117 Å². The SMILES string of the molecule is COc1ccc(C[N+](C)(CCCC(C)OC(=O)OC(C)OC(=O)C[N+]2(Cc3ccc(OC)c(OC)c3)CCCCC2)Cc2ccc(OC)c(OC)c2)cc1OC. The molecule has 13 heteroatoms. The average Bonchev–Trinajstić information content (AvgIpc) is 3.17. The van der Waals surface area contributed by atoms with Crippen LogP contribution in [0.5, 0.6) is 34.5 Å². The van der Waals surface area contributed by atoms with Crippen LogP contribution in [-0.4, -0.2) is 109 Å². The van der Waals surface area contributed by atoms with Crippen LogP contribution in [0, 0.1) is 0 Å². The lowest BCUT2D eigenvalue weighted by Crippen LogP contribution is -2.54. The minimum atomic E-state index is -1.10. The molecule has 3 aromatic rings. The van der Waals surface area contributed by atoms with E-state index in [1.165, 1.54) is 6.92 Å². The molecule has 2 unspecified atom stereocenters. The second kappa shape index (κ2) is 20.9. The summed E-state index contributed by atoms with van der Waals surface area (Å²) in [6.07, 6.45) is 2.11. The number of hydrogen-bond donors (Lipinski definition) is 0. The molecule has 0 spiro atoms. The van der Waals surface area contributed by atoms with E-state index in [2.05, 4.69) is 19.2 Å². The van der Waals surface area contributed by atoms with E-state index >= 15 is 0 Å². The van der Waals surface area contributed by atoms with Gasteiger partial charge in [0.25, 0.3) is 0 Å². The normalized spacial score (nSPS) is 14.8. The number of hydrogen-bond acceptors (Lipinski definition) is 11. The van der Waals surface area contributed by atoms with Gasteiger partial charge in [-0.05, 0) is 87.2 Å². The van der Waals surface area contributed by atoms with Crippen LogP contribution in [0.3, 0.4) is 0 Å². The van der Waals surface area contributed by atoms with Gasteiger partial charge in [0.05, 0.1) is 69.3 Å². The molecule has 4 rings (SSSR count). The summed E-state index contributed by atoms with van der Waals surface area (Å²) < 4.78 is 50.8. The Labute approximate surface area is 332 Å². The molecule has 0 bridgehead atoms. The fraction of sp³-hybridized carbons (Fsp3) is 0.535. The molecule has 0 aliphatic carbocycles. The highest BCUT2D eigenvalue weighted by molar-refractivity contribution is 5.71. The number of benzene rings is 3.